The Hall–Kier alpha value is 0.140. The van der Waals surface area contributed by atoms with Crippen molar-refractivity contribution in [2.24, 2.45) is 34.5 Å². The van der Waals surface area contributed by atoms with E-state index in [4.69, 9.17) is 9.47 Å². The molecule has 4 fully saturated rings. The molecule has 0 aromatic heterocycles. The third-order valence-electron chi connectivity index (χ3n) is 8.99. The minimum Gasteiger partial charge on any atom is -0.346 e. The summed E-state index contributed by atoms with van der Waals surface area (Å²) in [6.07, 6.45) is 14.3. The number of halogens is 1. The fourth-order valence-corrected chi connectivity index (χ4v) is 8.89. The number of alkyl halides is 1. The van der Waals surface area contributed by atoms with Gasteiger partial charge in [0.25, 0.3) is 0 Å². The fraction of sp³-hybridized carbons (Fsp3) is 0.905. The van der Waals surface area contributed by atoms with Gasteiger partial charge in [-0.15, -0.1) is 0 Å². The van der Waals surface area contributed by atoms with Crippen LogP contribution in [0, 0.1) is 34.5 Å². The Morgan fingerprint density at radius 1 is 1.00 bits per heavy atom. The molecule has 0 bridgehead atoms. The van der Waals surface area contributed by atoms with Crippen LogP contribution in [-0.4, -0.2) is 23.8 Å². The van der Waals surface area contributed by atoms with Crippen LogP contribution in [-0.2, 0) is 9.47 Å². The van der Waals surface area contributed by atoms with Crippen molar-refractivity contribution in [3.05, 3.63) is 12.2 Å². The van der Waals surface area contributed by atoms with Gasteiger partial charge in [0, 0.05) is 5.41 Å². The minimum atomic E-state index is -0.354. The lowest BCUT2D eigenvalue weighted by atomic mass is 9.45. The molecule has 1 saturated heterocycles. The third-order valence-corrected chi connectivity index (χ3v) is 9.96. The van der Waals surface area contributed by atoms with Crippen LogP contribution in [0.25, 0.3) is 0 Å². The highest BCUT2D eigenvalue weighted by molar-refractivity contribution is 9.09. The third kappa shape index (κ3) is 1.85. The second-order valence-electron chi connectivity index (χ2n) is 9.59. The van der Waals surface area contributed by atoms with Crippen molar-refractivity contribution in [1.29, 1.82) is 0 Å². The highest BCUT2D eigenvalue weighted by atomic mass is 79.9. The highest BCUT2D eigenvalue weighted by Crippen LogP contribution is 2.70. The maximum atomic E-state index is 6.32. The Bertz CT molecular complexity index is 554. The number of allylic oxidation sites excluding steroid dienone is 2. The van der Waals surface area contributed by atoms with Crippen LogP contribution in [0.3, 0.4) is 0 Å². The maximum Gasteiger partial charge on any atom is 0.186 e. The topological polar surface area (TPSA) is 18.5 Å². The summed E-state index contributed by atoms with van der Waals surface area (Å²) in [7, 11) is 0. The molecule has 3 heteroatoms. The van der Waals surface area contributed by atoms with Gasteiger partial charge in [0.2, 0.25) is 0 Å². The summed E-state index contributed by atoms with van der Waals surface area (Å²) < 4.78 is 12.6. The Morgan fingerprint density at radius 3 is 2.58 bits per heavy atom. The molecule has 134 valence electrons. The van der Waals surface area contributed by atoms with Crippen molar-refractivity contribution in [1.82, 2.24) is 0 Å². The van der Waals surface area contributed by atoms with Gasteiger partial charge in [-0.25, -0.2) is 0 Å². The van der Waals surface area contributed by atoms with Crippen LogP contribution in [0.2, 0.25) is 0 Å². The monoisotopic (exact) mass is 394 g/mol. The second kappa shape index (κ2) is 5.33. The molecule has 3 saturated carbocycles. The first kappa shape index (κ1) is 16.3. The average Bonchev–Trinajstić information content (AvgIpc) is 3.15. The molecule has 0 aromatic carbocycles. The average molecular weight is 395 g/mol. The van der Waals surface area contributed by atoms with Crippen LogP contribution in [0.4, 0.5) is 0 Å². The van der Waals surface area contributed by atoms with Gasteiger partial charge in [-0.05, 0) is 74.0 Å². The van der Waals surface area contributed by atoms with E-state index in [0.717, 1.165) is 36.9 Å². The molecule has 1 aliphatic heterocycles. The summed E-state index contributed by atoms with van der Waals surface area (Å²) in [5, 5.41) is 0. The number of hydrogen-bond donors (Lipinski definition) is 0. The van der Waals surface area contributed by atoms with Crippen LogP contribution < -0.4 is 0 Å². The van der Waals surface area contributed by atoms with Crippen molar-refractivity contribution in [2.45, 2.75) is 69.4 Å². The highest BCUT2D eigenvalue weighted by Gasteiger charge is 2.70. The largest absolute Gasteiger partial charge is 0.346 e. The van der Waals surface area contributed by atoms with E-state index in [0.29, 0.717) is 10.2 Å². The van der Waals surface area contributed by atoms with Crippen LogP contribution in [0.5, 0.6) is 0 Å². The predicted octanol–water partition coefficient (Wildman–Crippen LogP) is 5.31. The van der Waals surface area contributed by atoms with Crippen molar-refractivity contribution < 1.29 is 9.47 Å². The fourth-order valence-electron chi connectivity index (χ4n) is 7.70. The number of ether oxygens (including phenoxy) is 2. The zero-order valence-electron chi connectivity index (χ0n) is 15.1. The first-order chi connectivity index (χ1) is 11.5. The molecule has 0 amide bonds. The summed E-state index contributed by atoms with van der Waals surface area (Å²) in [6, 6.07) is 0. The molecule has 0 N–H and O–H groups in total. The van der Waals surface area contributed by atoms with Gasteiger partial charge in [0.05, 0.1) is 18.0 Å². The second-order valence-corrected chi connectivity index (χ2v) is 10.7. The van der Waals surface area contributed by atoms with E-state index in [2.05, 4.69) is 41.9 Å². The molecule has 5 rings (SSSR count). The van der Waals surface area contributed by atoms with Gasteiger partial charge in [0.1, 0.15) is 0 Å². The summed E-state index contributed by atoms with van der Waals surface area (Å²) in [4.78, 5) is 0.359. The summed E-state index contributed by atoms with van der Waals surface area (Å²) in [5.41, 5.74) is 0.723. The molecule has 2 nitrogen and oxygen atoms in total. The molecule has 1 spiro atoms. The van der Waals surface area contributed by atoms with Crippen LogP contribution in [0.15, 0.2) is 12.2 Å². The van der Waals surface area contributed by atoms with Gasteiger partial charge in [0.15, 0.2) is 5.79 Å². The molecule has 0 aromatic rings. The van der Waals surface area contributed by atoms with Crippen molar-refractivity contribution in [3.8, 4) is 0 Å². The standard InChI is InChI=1S/C21H31BrO2/c1-19-9-4-3-5-14(19)6-7-15-16(19)8-10-20(2)17(15)13-18(22)21(20)23-11-12-24-21/h3-4,14-18H,5-13H2,1-2H3/t14-,15-,16+,17-,18-,19+,20+/m1/s1. The van der Waals surface area contributed by atoms with Gasteiger partial charge in [-0.3, -0.25) is 0 Å². The lowest BCUT2D eigenvalue weighted by Gasteiger charge is -2.60. The number of hydrogen-bond acceptors (Lipinski definition) is 2. The lowest BCUT2D eigenvalue weighted by Crippen LogP contribution is -2.57. The Balaban J connectivity index is 1.51. The number of rotatable bonds is 0. The van der Waals surface area contributed by atoms with Crippen molar-refractivity contribution in [3.63, 3.8) is 0 Å². The van der Waals surface area contributed by atoms with E-state index in [-0.39, 0.29) is 11.2 Å². The molecule has 24 heavy (non-hydrogen) atoms. The SMILES string of the molecule is C[C@]12CC=CC[C@@H]1CC[C@H]1[C@H]3C[C@@H](Br)C4(OCCO4)[C@@]3(C)CC[C@@H]12. The van der Waals surface area contributed by atoms with E-state index in [1.54, 1.807) is 0 Å². The van der Waals surface area contributed by atoms with Crippen molar-refractivity contribution >= 4 is 15.9 Å². The first-order valence-electron chi connectivity index (χ1n) is 10.1. The van der Waals surface area contributed by atoms with Crippen LogP contribution in [0.1, 0.15) is 58.8 Å². The summed E-state index contributed by atoms with van der Waals surface area (Å²) in [5.74, 6) is 3.08. The molecule has 1 heterocycles. The zero-order chi connectivity index (χ0) is 16.6. The quantitative estimate of drug-likeness (QED) is 0.409. The summed E-state index contributed by atoms with van der Waals surface area (Å²) in [6.45, 7) is 6.63. The molecule has 4 aliphatic carbocycles. The molecule has 0 radical (unpaired) electrons. The maximum absolute atomic E-state index is 6.32. The van der Waals surface area contributed by atoms with Crippen molar-refractivity contribution in [2.75, 3.05) is 13.2 Å². The normalized spacial score (nSPS) is 55.2. The molecular weight excluding hydrogens is 364 g/mol. The van der Waals surface area contributed by atoms with E-state index < -0.39 is 0 Å². The van der Waals surface area contributed by atoms with E-state index in [1.165, 1.54) is 44.9 Å². The van der Waals surface area contributed by atoms with Gasteiger partial charge in [-0.1, -0.05) is 41.9 Å². The molecule has 5 aliphatic rings. The minimum absolute atomic E-state index is 0.187. The smallest absolute Gasteiger partial charge is 0.186 e. The van der Waals surface area contributed by atoms with E-state index in [1.807, 2.05) is 0 Å². The van der Waals surface area contributed by atoms with E-state index >= 15 is 0 Å². The summed E-state index contributed by atoms with van der Waals surface area (Å²) >= 11 is 3.99. The Kier molecular flexibility index (Phi) is 3.62. The van der Waals surface area contributed by atoms with Gasteiger partial charge in [-0.2, -0.15) is 0 Å². The number of fused-ring (bicyclic) bond motifs is 6. The Labute approximate surface area is 154 Å². The molecule has 7 atom stereocenters. The van der Waals surface area contributed by atoms with Gasteiger partial charge < -0.3 is 9.47 Å². The van der Waals surface area contributed by atoms with Gasteiger partial charge >= 0.3 is 0 Å². The molecule has 0 unspecified atom stereocenters. The van der Waals surface area contributed by atoms with E-state index in [9.17, 15) is 0 Å². The Morgan fingerprint density at radius 2 is 1.79 bits per heavy atom. The first-order valence-corrected chi connectivity index (χ1v) is 11.0. The lowest BCUT2D eigenvalue weighted by molar-refractivity contribution is -0.243. The predicted molar refractivity (Wildman–Crippen MR) is 99.0 cm³/mol. The van der Waals surface area contributed by atoms with Crippen LogP contribution >= 0.6 is 15.9 Å². The molecular formula is C21H31BrO2. The zero-order valence-corrected chi connectivity index (χ0v) is 16.7.